The van der Waals surface area contributed by atoms with E-state index in [1.807, 2.05) is 37.4 Å². The van der Waals surface area contributed by atoms with Gasteiger partial charge in [0, 0.05) is 29.6 Å². The molecule has 4 fully saturated rings. The molecular weight excluding hydrogens is 486 g/mol. The number of rotatable bonds is 6. The highest BCUT2D eigenvalue weighted by Gasteiger charge is 2.56. The third-order valence-corrected chi connectivity index (χ3v) is 10.6. The summed E-state index contributed by atoms with van der Waals surface area (Å²) in [5, 5.41) is 15.3. The van der Waals surface area contributed by atoms with E-state index < -0.39 is 11.6 Å². The number of aryl methyl sites for hydroxylation is 1. The molecule has 204 valence electrons. The Morgan fingerprint density at radius 2 is 1.69 bits per heavy atom. The minimum atomic E-state index is -1.23. The van der Waals surface area contributed by atoms with Crippen LogP contribution in [0.4, 0.5) is 4.79 Å². The van der Waals surface area contributed by atoms with Crippen molar-refractivity contribution in [3.63, 3.8) is 0 Å². The van der Waals surface area contributed by atoms with E-state index in [9.17, 15) is 14.7 Å². The number of amides is 2. The molecule has 3 N–H and O–H groups in total. The van der Waals surface area contributed by atoms with E-state index in [2.05, 4.69) is 34.6 Å². The number of aromatic nitrogens is 1. The average Bonchev–Trinajstić information content (AvgIpc) is 3.32. The third kappa shape index (κ3) is 4.14. The van der Waals surface area contributed by atoms with Crippen molar-refractivity contribution in [2.75, 3.05) is 0 Å². The summed E-state index contributed by atoms with van der Waals surface area (Å²) in [5.74, 6) is 1.98. The Morgan fingerprint density at radius 1 is 1.00 bits per heavy atom. The second-order valence-corrected chi connectivity index (χ2v) is 13.0. The Kier molecular flexibility index (Phi) is 5.98. The van der Waals surface area contributed by atoms with Gasteiger partial charge in [0.15, 0.2) is 0 Å². The van der Waals surface area contributed by atoms with Crippen LogP contribution in [0.2, 0.25) is 0 Å². The molecule has 0 saturated heterocycles. The lowest BCUT2D eigenvalue weighted by molar-refractivity contribution is -0.141. The van der Waals surface area contributed by atoms with Crippen molar-refractivity contribution >= 4 is 22.9 Å². The predicted octanol–water partition coefficient (Wildman–Crippen LogP) is 6.47. The molecule has 4 bridgehead atoms. The molecule has 4 saturated carbocycles. The van der Waals surface area contributed by atoms with Crippen molar-refractivity contribution in [1.29, 1.82) is 0 Å². The van der Waals surface area contributed by atoms with Crippen molar-refractivity contribution in [3.05, 3.63) is 71.4 Å². The molecule has 6 nitrogen and oxygen atoms in total. The zero-order chi connectivity index (χ0) is 26.7. The summed E-state index contributed by atoms with van der Waals surface area (Å²) >= 11 is 0. The lowest BCUT2D eigenvalue weighted by atomic mass is 9.53. The van der Waals surface area contributed by atoms with Gasteiger partial charge in [-0.05, 0) is 105 Å². The highest BCUT2D eigenvalue weighted by Crippen LogP contribution is 2.56. The maximum absolute atomic E-state index is 14.6. The Balaban J connectivity index is 1.28. The van der Waals surface area contributed by atoms with Crippen LogP contribution in [0.1, 0.15) is 74.6 Å². The summed E-state index contributed by atoms with van der Waals surface area (Å²) in [4.78, 5) is 32.8. The van der Waals surface area contributed by atoms with Crippen LogP contribution >= 0.6 is 0 Å². The summed E-state index contributed by atoms with van der Waals surface area (Å²) < 4.78 is 0. The number of hydrogen-bond acceptors (Lipinski definition) is 2. The first-order chi connectivity index (χ1) is 18.9. The number of fused-ring (bicyclic) bond motifs is 2. The molecule has 0 radical (unpaired) electrons. The number of carboxylic acid groups (broad SMARTS) is 1. The van der Waals surface area contributed by atoms with Crippen molar-refractivity contribution in [1.82, 2.24) is 15.2 Å². The molecule has 0 spiro atoms. The Morgan fingerprint density at radius 3 is 2.44 bits per heavy atom. The van der Waals surface area contributed by atoms with Crippen LogP contribution in [0, 0.1) is 23.7 Å². The largest absolute Gasteiger partial charge is 0.465 e. The topological polar surface area (TPSA) is 85.4 Å². The van der Waals surface area contributed by atoms with Gasteiger partial charge in [0.2, 0.25) is 5.91 Å². The lowest BCUT2D eigenvalue weighted by Crippen LogP contribution is -2.68. The van der Waals surface area contributed by atoms with Crippen molar-refractivity contribution < 1.29 is 14.7 Å². The van der Waals surface area contributed by atoms with Crippen LogP contribution in [-0.4, -0.2) is 38.6 Å². The molecule has 1 heterocycles. The molecule has 1 aromatic heterocycles. The van der Waals surface area contributed by atoms with Gasteiger partial charge in [-0.3, -0.25) is 9.69 Å². The SMILES string of the molecule is CC(Cc1c[nH]c2ccccc12)(C(=O)NC1CCCc2ccccc21)N(C(=O)O)C1C2CC3CC(C2)CC1C3. The fraction of sp³-hybridized carbons (Fsp3) is 0.515. The molecule has 0 aliphatic heterocycles. The fourth-order valence-electron chi connectivity index (χ4n) is 9.13. The molecule has 2 atom stereocenters. The number of carbonyl (C=O) groups excluding carboxylic acids is 1. The van der Waals surface area contributed by atoms with Gasteiger partial charge in [-0.1, -0.05) is 42.5 Å². The van der Waals surface area contributed by atoms with E-state index in [0.29, 0.717) is 18.3 Å². The van der Waals surface area contributed by atoms with Crippen molar-refractivity contribution in [3.8, 4) is 0 Å². The number of benzene rings is 2. The number of nitrogens with one attached hydrogen (secondary N) is 2. The zero-order valence-corrected chi connectivity index (χ0v) is 22.7. The van der Waals surface area contributed by atoms with Gasteiger partial charge in [0.25, 0.3) is 0 Å². The molecular formula is C33H39N3O3. The van der Waals surface area contributed by atoms with Gasteiger partial charge in [0.05, 0.1) is 6.04 Å². The Labute approximate surface area is 230 Å². The number of para-hydroxylation sites is 1. The average molecular weight is 526 g/mol. The maximum Gasteiger partial charge on any atom is 0.408 e. The number of nitrogens with zero attached hydrogens (tertiary/aromatic N) is 1. The van der Waals surface area contributed by atoms with Gasteiger partial charge < -0.3 is 15.4 Å². The van der Waals surface area contributed by atoms with E-state index >= 15 is 0 Å². The van der Waals surface area contributed by atoms with Gasteiger partial charge in [-0.25, -0.2) is 4.79 Å². The molecule has 8 rings (SSSR count). The first-order valence-electron chi connectivity index (χ1n) is 14.9. The van der Waals surface area contributed by atoms with Crippen molar-refractivity contribution in [2.24, 2.45) is 23.7 Å². The molecule has 6 heteroatoms. The zero-order valence-electron chi connectivity index (χ0n) is 22.7. The quantitative estimate of drug-likeness (QED) is 0.345. The molecule has 2 amide bonds. The highest BCUT2D eigenvalue weighted by molar-refractivity contribution is 5.92. The Bertz CT molecular complexity index is 1380. The van der Waals surface area contributed by atoms with Crippen LogP contribution in [0.5, 0.6) is 0 Å². The van der Waals surface area contributed by atoms with Crippen molar-refractivity contribution in [2.45, 2.75) is 82.3 Å². The normalized spacial score (nSPS) is 30.5. The van der Waals surface area contributed by atoms with Gasteiger partial charge >= 0.3 is 6.09 Å². The maximum atomic E-state index is 14.6. The van der Waals surface area contributed by atoms with E-state index in [-0.39, 0.29) is 18.0 Å². The summed E-state index contributed by atoms with van der Waals surface area (Å²) in [6, 6.07) is 16.2. The molecule has 39 heavy (non-hydrogen) atoms. The second-order valence-electron chi connectivity index (χ2n) is 13.0. The minimum absolute atomic E-state index is 0.0983. The van der Waals surface area contributed by atoms with E-state index in [0.717, 1.165) is 73.2 Å². The molecule has 5 aliphatic rings. The standard InChI is InChI=1S/C33H39N3O3/c1-33(18-25-19-34-28-11-5-4-10-27(25)28,31(37)35-29-12-6-8-22-7-2-3-9-26(22)29)36(32(38)39)30-23-14-20-13-21(16-23)17-24(30)15-20/h2-5,7,9-11,19-21,23-24,29-30,34H,6,8,12-18H2,1H3,(H,35,37)(H,38,39). The van der Waals surface area contributed by atoms with Gasteiger partial charge in [-0.2, -0.15) is 0 Å². The summed E-state index contributed by atoms with van der Waals surface area (Å²) in [5.41, 5.74) is 3.21. The molecule has 2 aromatic carbocycles. The fourth-order valence-corrected chi connectivity index (χ4v) is 9.13. The van der Waals surface area contributed by atoms with Gasteiger partial charge in [0.1, 0.15) is 5.54 Å². The van der Waals surface area contributed by atoms with Crippen LogP contribution in [0.15, 0.2) is 54.7 Å². The third-order valence-electron chi connectivity index (χ3n) is 10.6. The highest BCUT2D eigenvalue weighted by atomic mass is 16.4. The first-order valence-corrected chi connectivity index (χ1v) is 14.9. The number of hydrogen-bond donors (Lipinski definition) is 3. The van der Waals surface area contributed by atoms with Gasteiger partial charge in [-0.15, -0.1) is 0 Å². The lowest BCUT2D eigenvalue weighted by Gasteiger charge is -2.59. The monoisotopic (exact) mass is 525 g/mol. The predicted molar refractivity (Wildman–Crippen MR) is 151 cm³/mol. The Hall–Kier alpha value is -3.28. The van der Waals surface area contributed by atoms with E-state index in [1.54, 1.807) is 4.90 Å². The summed E-state index contributed by atoms with van der Waals surface area (Å²) in [6.07, 6.45) is 9.94. The molecule has 2 unspecified atom stereocenters. The number of aromatic amines is 1. The van der Waals surface area contributed by atoms with E-state index in [4.69, 9.17) is 0 Å². The number of H-pyrrole nitrogens is 1. The number of carbonyl (C=O) groups is 2. The minimum Gasteiger partial charge on any atom is -0.465 e. The van der Waals surface area contributed by atoms with Crippen LogP contribution in [0.3, 0.4) is 0 Å². The molecule has 3 aromatic rings. The van der Waals surface area contributed by atoms with Crippen LogP contribution in [-0.2, 0) is 17.6 Å². The van der Waals surface area contributed by atoms with Crippen LogP contribution < -0.4 is 5.32 Å². The second kappa shape index (κ2) is 9.42. The van der Waals surface area contributed by atoms with Crippen LogP contribution in [0.25, 0.3) is 10.9 Å². The van der Waals surface area contributed by atoms with E-state index in [1.165, 1.54) is 17.5 Å². The summed E-state index contributed by atoms with van der Waals surface area (Å²) in [6.45, 7) is 1.89. The molecule has 5 aliphatic carbocycles. The first kappa shape index (κ1) is 24.7. The smallest absolute Gasteiger partial charge is 0.408 e. The summed E-state index contributed by atoms with van der Waals surface area (Å²) in [7, 11) is 0.